The van der Waals surface area contributed by atoms with Crippen molar-refractivity contribution >= 4 is 38.1 Å². The Morgan fingerprint density at radius 3 is 2.42 bits per heavy atom. The van der Waals surface area contributed by atoms with E-state index < -0.39 is 15.9 Å². The number of rotatable bonds is 4. The maximum atomic E-state index is 13.1. The zero-order valence-electron chi connectivity index (χ0n) is 17.0. The molecule has 4 aromatic rings. The average molecular weight is 433 g/mol. The first-order valence-electron chi connectivity index (χ1n) is 9.83. The number of sulfonamides is 1. The van der Waals surface area contributed by atoms with E-state index in [1.807, 2.05) is 50.2 Å². The average Bonchev–Trinajstić information content (AvgIpc) is 3.18. The molecule has 1 amide bonds. The molecule has 0 bridgehead atoms. The first-order chi connectivity index (χ1) is 14.9. The number of carbonyl (C=O) groups excluding carboxylic acids is 1. The van der Waals surface area contributed by atoms with Crippen LogP contribution in [0.4, 0.5) is 11.4 Å². The molecule has 5 rings (SSSR count). The fourth-order valence-corrected chi connectivity index (χ4v) is 5.75. The minimum absolute atomic E-state index is 0.233. The van der Waals surface area contributed by atoms with E-state index in [0.717, 1.165) is 22.5 Å². The molecule has 8 heteroatoms. The highest BCUT2D eigenvalue weighted by molar-refractivity contribution is 7.93. The molecule has 0 spiro atoms. The van der Waals surface area contributed by atoms with Gasteiger partial charge in [0.15, 0.2) is 0 Å². The van der Waals surface area contributed by atoms with Gasteiger partial charge in [-0.05, 0) is 49.6 Å². The summed E-state index contributed by atoms with van der Waals surface area (Å²) in [5.74, 6) is -0.428. The molecule has 3 aromatic carbocycles. The lowest BCUT2D eigenvalue weighted by atomic mass is 10.1. The molecule has 1 aliphatic rings. The SMILES string of the molecule is Cc1cc(C)n(-c2ccccc2NC(=O)CN2c3cccc4cccc(c34)S2(=O)=O)n1. The van der Waals surface area contributed by atoms with Gasteiger partial charge in [-0.3, -0.25) is 9.10 Å². The minimum atomic E-state index is -3.80. The van der Waals surface area contributed by atoms with Crippen LogP contribution in [-0.4, -0.2) is 30.7 Å². The standard InChI is InChI=1S/C23H20N4O3S/c1-15-13-16(2)27(25-15)19-10-4-3-9-18(19)24-22(28)14-26-20-11-5-7-17-8-6-12-21(23(17)20)31(26,29)30/h3-13H,14H2,1-2H3,(H,24,28). The van der Waals surface area contributed by atoms with Crippen molar-refractivity contribution in [2.75, 3.05) is 16.2 Å². The van der Waals surface area contributed by atoms with Gasteiger partial charge in [-0.2, -0.15) is 5.10 Å². The number of aromatic nitrogens is 2. The van der Waals surface area contributed by atoms with Gasteiger partial charge in [-0.25, -0.2) is 13.1 Å². The van der Waals surface area contributed by atoms with Crippen LogP contribution in [0.5, 0.6) is 0 Å². The van der Waals surface area contributed by atoms with Crippen molar-refractivity contribution in [1.29, 1.82) is 0 Å². The number of hydrogen-bond acceptors (Lipinski definition) is 4. The normalized spacial score (nSPS) is 14.2. The van der Waals surface area contributed by atoms with Crippen LogP contribution in [0.3, 0.4) is 0 Å². The zero-order chi connectivity index (χ0) is 21.8. The number of nitrogens with zero attached hydrogens (tertiary/aromatic N) is 3. The summed E-state index contributed by atoms with van der Waals surface area (Å²) < 4.78 is 29.2. The number of anilines is 2. The fraction of sp³-hybridized carbons (Fsp3) is 0.130. The Labute approximate surface area is 180 Å². The predicted octanol–water partition coefficient (Wildman–Crippen LogP) is 3.79. The van der Waals surface area contributed by atoms with E-state index >= 15 is 0 Å². The van der Waals surface area contributed by atoms with Crippen molar-refractivity contribution in [3.63, 3.8) is 0 Å². The molecule has 0 atom stereocenters. The van der Waals surface area contributed by atoms with Crippen molar-refractivity contribution in [2.24, 2.45) is 0 Å². The van der Waals surface area contributed by atoms with Gasteiger partial charge in [0.05, 0.1) is 27.7 Å². The highest BCUT2D eigenvalue weighted by Gasteiger charge is 2.36. The summed E-state index contributed by atoms with van der Waals surface area (Å²) in [6.45, 7) is 3.52. The van der Waals surface area contributed by atoms with Gasteiger partial charge < -0.3 is 5.32 Å². The third-order valence-corrected chi connectivity index (χ3v) is 7.19. The summed E-state index contributed by atoms with van der Waals surface area (Å²) >= 11 is 0. The molecule has 1 N–H and O–H groups in total. The van der Waals surface area contributed by atoms with Gasteiger partial charge in [0.1, 0.15) is 6.54 Å². The lowest BCUT2D eigenvalue weighted by molar-refractivity contribution is -0.114. The molecule has 0 saturated carbocycles. The molecule has 0 saturated heterocycles. The van der Waals surface area contributed by atoms with Crippen LogP contribution in [0.2, 0.25) is 0 Å². The Hall–Kier alpha value is -3.65. The molecule has 0 unspecified atom stereocenters. The van der Waals surface area contributed by atoms with Crippen molar-refractivity contribution in [2.45, 2.75) is 18.7 Å². The number of amides is 1. The predicted molar refractivity (Wildman–Crippen MR) is 120 cm³/mol. The second-order valence-electron chi connectivity index (χ2n) is 7.55. The van der Waals surface area contributed by atoms with Gasteiger partial charge >= 0.3 is 0 Å². The highest BCUT2D eigenvalue weighted by atomic mass is 32.2. The van der Waals surface area contributed by atoms with Crippen LogP contribution in [0.25, 0.3) is 16.5 Å². The van der Waals surface area contributed by atoms with E-state index in [0.29, 0.717) is 16.8 Å². The van der Waals surface area contributed by atoms with Gasteiger partial charge in [0, 0.05) is 11.1 Å². The van der Waals surface area contributed by atoms with Crippen molar-refractivity contribution in [3.8, 4) is 5.69 Å². The minimum Gasteiger partial charge on any atom is -0.323 e. The van der Waals surface area contributed by atoms with Crippen LogP contribution in [-0.2, 0) is 14.8 Å². The maximum absolute atomic E-state index is 13.1. The molecule has 31 heavy (non-hydrogen) atoms. The Balaban J connectivity index is 1.47. The summed E-state index contributed by atoms with van der Waals surface area (Å²) in [7, 11) is -3.80. The lowest BCUT2D eigenvalue weighted by Crippen LogP contribution is -2.35. The van der Waals surface area contributed by atoms with E-state index in [-0.39, 0.29) is 11.4 Å². The van der Waals surface area contributed by atoms with Crippen LogP contribution < -0.4 is 9.62 Å². The van der Waals surface area contributed by atoms with Crippen LogP contribution in [0.1, 0.15) is 11.4 Å². The molecule has 0 aliphatic carbocycles. The van der Waals surface area contributed by atoms with Gasteiger partial charge in [0.25, 0.3) is 10.0 Å². The first-order valence-corrected chi connectivity index (χ1v) is 11.3. The summed E-state index contributed by atoms with van der Waals surface area (Å²) in [4.78, 5) is 13.2. The smallest absolute Gasteiger partial charge is 0.265 e. The van der Waals surface area contributed by atoms with Crippen molar-refractivity contribution in [1.82, 2.24) is 9.78 Å². The second kappa shape index (κ2) is 6.95. The molecule has 2 heterocycles. The number of carbonyl (C=O) groups is 1. The molecule has 156 valence electrons. The van der Waals surface area contributed by atoms with Crippen LogP contribution >= 0.6 is 0 Å². The largest absolute Gasteiger partial charge is 0.323 e. The van der Waals surface area contributed by atoms with Crippen LogP contribution in [0.15, 0.2) is 71.6 Å². The molecule has 1 aromatic heterocycles. The fourth-order valence-electron chi connectivity index (χ4n) is 4.09. The van der Waals surface area contributed by atoms with E-state index in [1.54, 1.807) is 35.0 Å². The zero-order valence-corrected chi connectivity index (χ0v) is 17.8. The summed E-state index contributed by atoms with van der Waals surface area (Å²) in [6.07, 6.45) is 0. The summed E-state index contributed by atoms with van der Waals surface area (Å²) in [5.41, 5.74) is 3.60. The second-order valence-corrected chi connectivity index (χ2v) is 9.38. The van der Waals surface area contributed by atoms with E-state index in [1.165, 1.54) is 4.31 Å². The highest BCUT2D eigenvalue weighted by Crippen LogP contribution is 2.41. The maximum Gasteiger partial charge on any atom is 0.265 e. The molecular formula is C23H20N4O3S. The number of hydrogen-bond donors (Lipinski definition) is 1. The number of para-hydroxylation sites is 2. The Morgan fingerprint density at radius 2 is 1.68 bits per heavy atom. The summed E-state index contributed by atoms with van der Waals surface area (Å²) in [6, 6.07) is 19.8. The Morgan fingerprint density at radius 1 is 0.968 bits per heavy atom. The van der Waals surface area contributed by atoms with Gasteiger partial charge in [0.2, 0.25) is 5.91 Å². The molecule has 1 aliphatic heterocycles. The first kappa shape index (κ1) is 19.3. The monoisotopic (exact) mass is 432 g/mol. The van der Waals surface area contributed by atoms with E-state index in [4.69, 9.17) is 0 Å². The van der Waals surface area contributed by atoms with Gasteiger partial charge in [-0.15, -0.1) is 0 Å². The molecule has 0 fully saturated rings. The Bertz CT molecular complexity index is 1450. The van der Waals surface area contributed by atoms with Crippen LogP contribution in [0, 0.1) is 13.8 Å². The quantitative estimate of drug-likeness (QED) is 0.532. The number of nitrogens with one attached hydrogen (secondary N) is 1. The lowest BCUT2D eigenvalue weighted by Gasteiger charge is -2.19. The van der Waals surface area contributed by atoms with Crippen molar-refractivity contribution in [3.05, 3.63) is 78.1 Å². The molecule has 0 radical (unpaired) electrons. The van der Waals surface area contributed by atoms with E-state index in [2.05, 4.69) is 10.4 Å². The number of aryl methyl sites for hydroxylation is 2. The third-order valence-electron chi connectivity index (χ3n) is 5.38. The summed E-state index contributed by atoms with van der Waals surface area (Å²) in [5, 5.41) is 8.83. The van der Waals surface area contributed by atoms with E-state index in [9.17, 15) is 13.2 Å². The molecular weight excluding hydrogens is 412 g/mol. The Kier molecular flexibility index (Phi) is 4.33. The third kappa shape index (κ3) is 3.07. The molecule has 7 nitrogen and oxygen atoms in total. The topological polar surface area (TPSA) is 84.3 Å². The van der Waals surface area contributed by atoms with Gasteiger partial charge in [-0.1, -0.05) is 36.4 Å². The number of benzene rings is 3. The van der Waals surface area contributed by atoms with Crippen molar-refractivity contribution < 1.29 is 13.2 Å².